The molecule has 0 fully saturated rings. The Labute approximate surface area is 127 Å². The minimum atomic E-state index is -0.595. The number of nitrogens with one attached hydrogen (secondary N) is 2. The second kappa shape index (κ2) is 5.69. The zero-order valence-corrected chi connectivity index (χ0v) is 11.8. The van der Waals surface area contributed by atoms with Crippen LogP contribution in [0.25, 0.3) is 10.6 Å². The second-order valence-electron chi connectivity index (χ2n) is 4.06. The number of aromatic nitrogens is 5. The maximum atomic E-state index is 12.2. The summed E-state index contributed by atoms with van der Waals surface area (Å²) in [6.45, 7) is 0. The Bertz CT molecular complexity index is 875. The van der Waals surface area contributed by atoms with Gasteiger partial charge in [-0.1, -0.05) is 0 Å². The van der Waals surface area contributed by atoms with Gasteiger partial charge in [-0.15, -0.1) is 11.3 Å². The first-order valence-electron chi connectivity index (χ1n) is 6.02. The number of thiazole rings is 1. The van der Waals surface area contributed by atoms with E-state index >= 15 is 0 Å². The van der Waals surface area contributed by atoms with E-state index in [2.05, 4.69) is 30.2 Å². The van der Waals surface area contributed by atoms with Crippen molar-refractivity contribution in [2.45, 2.75) is 0 Å². The van der Waals surface area contributed by atoms with Gasteiger partial charge >= 0.3 is 5.69 Å². The van der Waals surface area contributed by atoms with Crippen molar-refractivity contribution in [3.05, 3.63) is 46.3 Å². The number of nitrogens with zero attached hydrogens (tertiary/aromatic N) is 4. The fourth-order valence-electron chi connectivity index (χ4n) is 1.71. The van der Waals surface area contributed by atoms with Crippen molar-refractivity contribution in [2.75, 3.05) is 11.1 Å². The molecule has 0 bridgehead atoms. The Kier molecular flexibility index (Phi) is 3.58. The molecule has 10 heteroatoms. The average Bonchev–Trinajstić information content (AvgIpc) is 3.02. The molecule has 3 aromatic heterocycles. The summed E-state index contributed by atoms with van der Waals surface area (Å²) in [5.74, 6) is -0.428. The summed E-state index contributed by atoms with van der Waals surface area (Å²) in [4.78, 5) is 41.5. The SMILES string of the molecule is Nc1nccnc1C(=O)Nc1[nH]c(=O)ncc1-c1nccs1. The zero-order valence-electron chi connectivity index (χ0n) is 11.0. The Morgan fingerprint density at radius 1 is 1.18 bits per heavy atom. The van der Waals surface area contributed by atoms with E-state index in [-0.39, 0.29) is 17.3 Å². The van der Waals surface area contributed by atoms with Crippen LogP contribution in [0.4, 0.5) is 11.6 Å². The van der Waals surface area contributed by atoms with Crippen LogP contribution in [0.2, 0.25) is 0 Å². The standard InChI is InChI=1S/C12H9N7O2S/c13-8-7(14-1-2-15-8)10(20)18-9-6(5-17-12(21)19-9)11-16-3-4-22-11/h1-5H,(H2,13,15)(H2,17,18,19,20,21). The maximum Gasteiger partial charge on any atom is 0.346 e. The van der Waals surface area contributed by atoms with E-state index in [1.165, 1.54) is 29.9 Å². The predicted molar refractivity (Wildman–Crippen MR) is 80.4 cm³/mol. The van der Waals surface area contributed by atoms with Crippen LogP contribution < -0.4 is 16.7 Å². The lowest BCUT2D eigenvalue weighted by Crippen LogP contribution is -2.21. The summed E-state index contributed by atoms with van der Waals surface area (Å²) in [5.41, 5.74) is 5.47. The van der Waals surface area contributed by atoms with Gasteiger partial charge in [-0.25, -0.2) is 24.7 Å². The van der Waals surface area contributed by atoms with E-state index in [9.17, 15) is 9.59 Å². The Hall–Kier alpha value is -3.14. The summed E-state index contributed by atoms with van der Waals surface area (Å²) in [5, 5.41) is 4.92. The topological polar surface area (TPSA) is 140 Å². The average molecular weight is 315 g/mol. The monoisotopic (exact) mass is 315 g/mol. The van der Waals surface area contributed by atoms with Crippen LogP contribution in [-0.2, 0) is 0 Å². The highest BCUT2D eigenvalue weighted by atomic mass is 32.1. The number of carbonyl (C=O) groups is 1. The van der Waals surface area contributed by atoms with Crippen LogP contribution in [-0.4, -0.2) is 30.8 Å². The first kappa shape index (κ1) is 13.8. The Morgan fingerprint density at radius 3 is 2.73 bits per heavy atom. The van der Waals surface area contributed by atoms with Crippen LogP contribution in [0.15, 0.2) is 35.0 Å². The minimum absolute atomic E-state index is 0.00722. The number of H-pyrrole nitrogens is 1. The molecule has 0 aliphatic rings. The summed E-state index contributed by atoms with van der Waals surface area (Å²) in [6, 6.07) is 0. The van der Waals surface area contributed by atoms with Crippen molar-refractivity contribution in [3.63, 3.8) is 0 Å². The maximum absolute atomic E-state index is 12.2. The lowest BCUT2D eigenvalue weighted by molar-refractivity contribution is 0.102. The molecule has 0 saturated carbocycles. The van der Waals surface area contributed by atoms with Crippen molar-refractivity contribution in [1.82, 2.24) is 24.9 Å². The van der Waals surface area contributed by atoms with Gasteiger partial charge in [0.1, 0.15) is 10.8 Å². The zero-order chi connectivity index (χ0) is 15.5. The van der Waals surface area contributed by atoms with Crippen LogP contribution >= 0.6 is 11.3 Å². The molecule has 0 radical (unpaired) electrons. The number of aromatic amines is 1. The van der Waals surface area contributed by atoms with Crippen LogP contribution in [0, 0.1) is 0 Å². The third kappa shape index (κ3) is 2.67. The van der Waals surface area contributed by atoms with Gasteiger partial charge in [-0.3, -0.25) is 9.78 Å². The van der Waals surface area contributed by atoms with Gasteiger partial charge in [0.25, 0.3) is 5.91 Å². The molecule has 0 aliphatic carbocycles. The number of nitrogens with two attached hydrogens (primary N) is 1. The third-order valence-corrected chi connectivity index (χ3v) is 3.46. The van der Waals surface area contributed by atoms with Gasteiger partial charge in [0.15, 0.2) is 11.5 Å². The van der Waals surface area contributed by atoms with Crippen molar-refractivity contribution >= 4 is 28.9 Å². The predicted octanol–water partition coefficient (Wildman–Crippen LogP) is 0.518. The van der Waals surface area contributed by atoms with Crippen molar-refractivity contribution in [2.24, 2.45) is 0 Å². The number of carbonyl (C=O) groups excluding carboxylic acids is 1. The molecular weight excluding hydrogens is 306 g/mol. The number of amides is 1. The highest BCUT2D eigenvalue weighted by Crippen LogP contribution is 2.26. The van der Waals surface area contributed by atoms with E-state index in [1.54, 1.807) is 11.6 Å². The van der Waals surface area contributed by atoms with Gasteiger partial charge in [-0.2, -0.15) is 0 Å². The Balaban J connectivity index is 1.99. The third-order valence-electron chi connectivity index (χ3n) is 2.66. The van der Waals surface area contributed by atoms with E-state index in [1.807, 2.05) is 0 Å². The van der Waals surface area contributed by atoms with Gasteiger partial charge in [-0.05, 0) is 0 Å². The van der Waals surface area contributed by atoms with Gasteiger partial charge in [0.05, 0.1) is 5.56 Å². The highest BCUT2D eigenvalue weighted by molar-refractivity contribution is 7.13. The first-order chi connectivity index (χ1) is 10.6. The van der Waals surface area contributed by atoms with Gasteiger partial charge in [0.2, 0.25) is 0 Å². The summed E-state index contributed by atoms with van der Waals surface area (Å²) < 4.78 is 0. The second-order valence-corrected chi connectivity index (χ2v) is 4.95. The molecule has 3 heterocycles. The number of nitrogen functional groups attached to an aromatic ring is 1. The fourth-order valence-corrected chi connectivity index (χ4v) is 2.36. The number of hydrogen-bond donors (Lipinski definition) is 3. The molecule has 3 aromatic rings. The molecule has 3 rings (SSSR count). The van der Waals surface area contributed by atoms with E-state index in [4.69, 9.17) is 5.73 Å². The summed E-state index contributed by atoms with van der Waals surface area (Å²) in [7, 11) is 0. The van der Waals surface area contributed by atoms with Crippen molar-refractivity contribution in [1.29, 1.82) is 0 Å². The number of hydrogen-bond acceptors (Lipinski definition) is 8. The lowest BCUT2D eigenvalue weighted by Gasteiger charge is -2.08. The van der Waals surface area contributed by atoms with Gasteiger partial charge in [0, 0.05) is 30.2 Å². The van der Waals surface area contributed by atoms with Gasteiger partial charge < -0.3 is 11.1 Å². The van der Waals surface area contributed by atoms with Crippen LogP contribution in [0.3, 0.4) is 0 Å². The molecule has 9 nitrogen and oxygen atoms in total. The molecule has 0 aromatic carbocycles. The van der Waals surface area contributed by atoms with E-state index in [0.29, 0.717) is 10.6 Å². The molecule has 1 amide bonds. The normalized spacial score (nSPS) is 10.4. The Morgan fingerprint density at radius 2 is 2.00 bits per heavy atom. The smallest absolute Gasteiger partial charge is 0.346 e. The number of rotatable bonds is 3. The summed E-state index contributed by atoms with van der Waals surface area (Å²) in [6.07, 6.45) is 5.67. The first-order valence-corrected chi connectivity index (χ1v) is 6.90. The van der Waals surface area contributed by atoms with Crippen LogP contribution in [0.5, 0.6) is 0 Å². The molecule has 0 unspecified atom stereocenters. The highest BCUT2D eigenvalue weighted by Gasteiger charge is 2.16. The largest absolute Gasteiger partial charge is 0.382 e. The molecule has 0 saturated heterocycles. The molecule has 110 valence electrons. The molecule has 0 aliphatic heterocycles. The van der Waals surface area contributed by atoms with Crippen molar-refractivity contribution in [3.8, 4) is 10.6 Å². The molecular formula is C12H9N7O2S. The number of anilines is 2. The fraction of sp³-hybridized carbons (Fsp3) is 0. The van der Waals surface area contributed by atoms with E-state index < -0.39 is 11.6 Å². The van der Waals surface area contributed by atoms with Crippen LogP contribution in [0.1, 0.15) is 10.5 Å². The molecule has 0 spiro atoms. The molecule has 4 N–H and O–H groups in total. The van der Waals surface area contributed by atoms with E-state index in [0.717, 1.165) is 0 Å². The molecule has 0 atom stereocenters. The minimum Gasteiger partial charge on any atom is -0.382 e. The van der Waals surface area contributed by atoms with Crippen molar-refractivity contribution < 1.29 is 4.79 Å². The molecule has 22 heavy (non-hydrogen) atoms. The quantitative estimate of drug-likeness (QED) is 0.640. The summed E-state index contributed by atoms with van der Waals surface area (Å²) >= 11 is 1.34. The lowest BCUT2D eigenvalue weighted by atomic mass is 10.3.